The summed E-state index contributed by atoms with van der Waals surface area (Å²) in [6, 6.07) is 5.06. The van der Waals surface area contributed by atoms with Crippen LogP contribution in [0.3, 0.4) is 0 Å². The van der Waals surface area contributed by atoms with Gasteiger partial charge in [0.05, 0.1) is 4.90 Å². The Balaban J connectivity index is 2.80. The van der Waals surface area contributed by atoms with E-state index < -0.39 is 22.0 Å². The smallest absolute Gasteiger partial charge is 0.256 e. The third-order valence-corrected chi connectivity index (χ3v) is 5.26. The van der Waals surface area contributed by atoms with Gasteiger partial charge >= 0.3 is 0 Å². The predicted molar refractivity (Wildman–Crippen MR) is 98.8 cm³/mol. The molecule has 1 aromatic rings. The largest absolute Gasteiger partial charge is 0.273 e. The molecule has 0 radical (unpaired) electrons. The van der Waals surface area contributed by atoms with E-state index in [-0.39, 0.29) is 29.1 Å². The van der Waals surface area contributed by atoms with E-state index in [0.29, 0.717) is 0 Å². The van der Waals surface area contributed by atoms with Crippen molar-refractivity contribution in [3.8, 4) is 0 Å². The minimum absolute atomic E-state index is 0.0537. The lowest BCUT2D eigenvalue weighted by Crippen LogP contribution is -2.54. The van der Waals surface area contributed by atoms with Crippen molar-refractivity contribution in [2.45, 2.75) is 45.1 Å². The molecule has 0 unspecified atom stereocenters. The molecule has 1 aromatic carbocycles. The van der Waals surface area contributed by atoms with Gasteiger partial charge in [0, 0.05) is 10.9 Å². The van der Waals surface area contributed by atoms with Crippen LogP contribution in [0.4, 0.5) is 0 Å². The number of amides is 2. The molecule has 0 aliphatic rings. The molecule has 0 spiro atoms. The Morgan fingerprint density at radius 1 is 1.04 bits per heavy atom. The number of carbonyl (C=O) groups excluding carboxylic acids is 2. The van der Waals surface area contributed by atoms with E-state index in [1.165, 1.54) is 12.1 Å². The van der Waals surface area contributed by atoms with Crippen LogP contribution in [0, 0.1) is 11.8 Å². The number of hydrogen-bond donors (Lipinski definition) is 3. The van der Waals surface area contributed by atoms with Gasteiger partial charge in [-0.1, -0.05) is 43.6 Å². The zero-order valence-electron chi connectivity index (χ0n) is 14.7. The maximum Gasteiger partial charge on any atom is 0.256 e. The molecule has 25 heavy (non-hydrogen) atoms. The van der Waals surface area contributed by atoms with Gasteiger partial charge in [-0.3, -0.25) is 20.4 Å². The minimum atomic E-state index is -3.87. The summed E-state index contributed by atoms with van der Waals surface area (Å²) in [6.07, 6.45) is 0.261. The van der Waals surface area contributed by atoms with Crippen LogP contribution >= 0.6 is 15.9 Å². The van der Waals surface area contributed by atoms with Gasteiger partial charge in [-0.05, 0) is 36.1 Å². The molecule has 2 amide bonds. The van der Waals surface area contributed by atoms with Crippen molar-refractivity contribution in [3.05, 3.63) is 28.7 Å². The second kappa shape index (κ2) is 9.30. The van der Waals surface area contributed by atoms with Gasteiger partial charge < -0.3 is 0 Å². The summed E-state index contributed by atoms with van der Waals surface area (Å²) in [7, 11) is -3.87. The fraction of sp³-hybridized carbons (Fsp3) is 0.500. The van der Waals surface area contributed by atoms with E-state index in [9.17, 15) is 18.0 Å². The zero-order valence-corrected chi connectivity index (χ0v) is 17.1. The maximum absolute atomic E-state index is 12.5. The van der Waals surface area contributed by atoms with Gasteiger partial charge in [-0.2, -0.15) is 4.72 Å². The van der Waals surface area contributed by atoms with Crippen LogP contribution in [-0.2, 0) is 19.6 Å². The first-order valence-electron chi connectivity index (χ1n) is 7.89. The Kier molecular flexibility index (Phi) is 8.04. The van der Waals surface area contributed by atoms with Crippen molar-refractivity contribution < 1.29 is 18.0 Å². The van der Waals surface area contributed by atoms with E-state index >= 15 is 0 Å². The van der Waals surface area contributed by atoms with Crippen molar-refractivity contribution in [2.75, 3.05) is 0 Å². The summed E-state index contributed by atoms with van der Waals surface area (Å²) in [4.78, 5) is 24.0. The molecule has 7 nitrogen and oxygen atoms in total. The number of rotatable bonds is 7. The van der Waals surface area contributed by atoms with E-state index in [0.717, 1.165) is 4.47 Å². The summed E-state index contributed by atoms with van der Waals surface area (Å²) in [5.41, 5.74) is 4.58. The lowest BCUT2D eigenvalue weighted by molar-refractivity contribution is -0.130. The molecule has 0 saturated carbocycles. The predicted octanol–water partition coefficient (Wildman–Crippen LogP) is 1.95. The quantitative estimate of drug-likeness (QED) is 0.571. The molecule has 9 heteroatoms. The average Bonchev–Trinajstić information content (AvgIpc) is 2.50. The summed E-state index contributed by atoms with van der Waals surface area (Å²) in [5.74, 6) is -1.12. The van der Waals surface area contributed by atoms with Crippen LogP contribution in [-0.4, -0.2) is 26.3 Å². The SMILES string of the molecule is CC(C)CC(=O)NNC(=O)[C@@H](NS(=O)(=O)c1ccc(Br)cc1)C(C)C. The zero-order chi connectivity index (χ0) is 19.2. The fourth-order valence-electron chi connectivity index (χ4n) is 1.97. The molecule has 140 valence electrons. The standard InChI is InChI=1S/C16H24BrN3O4S/c1-10(2)9-14(21)18-19-16(22)15(11(3)4)20-25(23,24)13-7-5-12(17)6-8-13/h5-8,10-11,15,20H,9H2,1-4H3,(H,18,21)(H,19,22)/t15-/m0/s1. The lowest BCUT2D eigenvalue weighted by Gasteiger charge is -2.22. The Bertz CT molecular complexity index is 703. The second-order valence-electron chi connectivity index (χ2n) is 6.43. The fourth-order valence-corrected chi connectivity index (χ4v) is 3.58. The second-order valence-corrected chi connectivity index (χ2v) is 9.06. The molecular formula is C16H24BrN3O4S. The molecule has 0 heterocycles. The molecule has 0 aliphatic heterocycles. The van der Waals surface area contributed by atoms with Crippen LogP contribution in [0.5, 0.6) is 0 Å². The number of carbonyl (C=O) groups is 2. The molecule has 0 saturated heterocycles. The van der Waals surface area contributed by atoms with Gasteiger partial charge in [-0.25, -0.2) is 8.42 Å². The molecule has 1 atom stereocenters. The maximum atomic E-state index is 12.5. The van der Waals surface area contributed by atoms with Crippen molar-refractivity contribution in [1.82, 2.24) is 15.6 Å². The third kappa shape index (κ3) is 7.13. The minimum Gasteiger partial charge on any atom is -0.273 e. The number of hydrogen-bond acceptors (Lipinski definition) is 4. The number of sulfonamides is 1. The van der Waals surface area contributed by atoms with Crippen LogP contribution in [0.25, 0.3) is 0 Å². The monoisotopic (exact) mass is 433 g/mol. The third-order valence-electron chi connectivity index (χ3n) is 3.27. The number of benzene rings is 1. The summed E-state index contributed by atoms with van der Waals surface area (Å²) in [6.45, 7) is 7.18. The van der Waals surface area contributed by atoms with E-state index in [2.05, 4.69) is 31.5 Å². The topological polar surface area (TPSA) is 104 Å². The first kappa shape index (κ1) is 21.6. The molecular weight excluding hydrogens is 410 g/mol. The highest BCUT2D eigenvalue weighted by molar-refractivity contribution is 9.10. The Hall–Kier alpha value is -1.45. The van der Waals surface area contributed by atoms with Crippen molar-refractivity contribution in [3.63, 3.8) is 0 Å². The van der Waals surface area contributed by atoms with Gasteiger partial charge in [0.15, 0.2) is 0 Å². The lowest BCUT2D eigenvalue weighted by atomic mass is 10.1. The van der Waals surface area contributed by atoms with Crippen molar-refractivity contribution >= 4 is 37.8 Å². The summed E-state index contributed by atoms with van der Waals surface area (Å²) >= 11 is 3.24. The van der Waals surface area contributed by atoms with Gasteiger partial charge in [-0.15, -0.1) is 0 Å². The van der Waals surface area contributed by atoms with Crippen LogP contribution < -0.4 is 15.6 Å². The van der Waals surface area contributed by atoms with Crippen molar-refractivity contribution in [1.29, 1.82) is 0 Å². The summed E-state index contributed by atoms with van der Waals surface area (Å²) < 4.78 is 28.0. The molecule has 3 N–H and O–H groups in total. The first-order chi connectivity index (χ1) is 11.5. The Labute approximate surface area is 157 Å². The van der Waals surface area contributed by atoms with Crippen LogP contribution in [0.1, 0.15) is 34.1 Å². The number of nitrogens with one attached hydrogen (secondary N) is 3. The van der Waals surface area contributed by atoms with Crippen LogP contribution in [0.15, 0.2) is 33.6 Å². The van der Waals surface area contributed by atoms with Gasteiger partial charge in [0.2, 0.25) is 15.9 Å². The van der Waals surface area contributed by atoms with Gasteiger partial charge in [0.25, 0.3) is 5.91 Å². The molecule has 0 aliphatic carbocycles. The highest BCUT2D eigenvalue weighted by atomic mass is 79.9. The first-order valence-corrected chi connectivity index (χ1v) is 10.2. The molecule has 0 bridgehead atoms. The number of hydrazine groups is 1. The Morgan fingerprint density at radius 3 is 2.08 bits per heavy atom. The van der Waals surface area contributed by atoms with E-state index in [1.807, 2.05) is 13.8 Å². The highest BCUT2D eigenvalue weighted by Crippen LogP contribution is 2.16. The molecule has 0 fully saturated rings. The highest BCUT2D eigenvalue weighted by Gasteiger charge is 2.28. The van der Waals surface area contributed by atoms with Gasteiger partial charge in [0.1, 0.15) is 6.04 Å². The van der Waals surface area contributed by atoms with E-state index in [4.69, 9.17) is 0 Å². The van der Waals surface area contributed by atoms with E-state index in [1.54, 1.807) is 26.0 Å². The number of halogens is 1. The normalized spacial score (nSPS) is 12.9. The van der Waals surface area contributed by atoms with Crippen molar-refractivity contribution in [2.24, 2.45) is 11.8 Å². The average molecular weight is 434 g/mol. The Morgan fingerprint density at radius 2 is 1.60 bits per heavy atom. The van der Waals surface area contributed by atoms with Crippen LogP contribution in [0.2, 0.25) is 0 Å². The molecule has 0 aromatic heterocycles. The molecule has 1 rings (SSSR count). The summed E-state index contributed by atoms with van der Waals surface area (Å²) in [5, 5.41) is 0.